The van der Waals surface area contributed by atoms with Crippen LogP contribution in [-0.4, -0.2) is 12.1 Å². The molecule has 0 aromatic carbocycles. The molecule has 1 rings (SSSR count). The molecule has 0 saturated heterocycles. The first-order valence-corrected chi connectivity index (χ1v) is 3.13. The summed E-state index contributed by atoms with van der Waals surface area (Å²) in [4.78, 5) is 3.00. The van der Waals surface area contributed by atoms with Gasteiger partial charge in [-0.15, -0.1) is 0 Å². The van der Waals surface area contributed by atoms with E-state index in [4.69, 9.17) is 0 Å². The van der Waals surface area contributed by atoms with Crippen LogP contribution in [0.3, 0.4) is 0 Å². The second-order valence-electron chi connectivity index (χ2n) is 2.02. The molecular weight excluding hydrogens is 171 g/mol. The minimum atomic E-state index is -2.82. The predicted molar refractivity (Wildman–Crippen MR) is 35.7 cm³/mol. The zero-order chi connectivity index (χ0) is 9.14. The highest BCUT2D eigenvalue weighted by atomic mass is 19.3. The lowest BCUT2D eigenvalue weighted by atomic mass is 10.3. The third kappa shape index (κ3) is 1.66. The number of hydrogen-bond acceptors (Lipinski definition) is 2. The van der Waals surface area contributed by atoms with Crippen LogP contribution in [0, 0.1) is 5.95 Å². The number of methoxy groups -OCH3 is 1. The van der Waals surface area contributed by atoms with Crippen LogP contribution in [0.15, 0.2) is 12.1 Å². The molecule has 12 heavy (non-hydrogen) atoms. The fraction of sp³-hybridized carbons (Fsp3) is 0.286. The molecule has 0 bridgehead atoms. The minimum absolute atomic E-state index is 0.105. The Balaban J connectivity index is 3.12. The van der Waals surface area contributed by atoms with Gasteiger partial charge in [0.15, 0.2) is 5.69 Å². The molecule has 2 nitrogen and oxygen atoms in total. The molecule has 66 valence electrons. The van der Waals surface area contributed by atoms with Gasteiger partial charge in [-0.05, 0) is 12.1 Å². The first-order chi connectivity index (χ1) is 5.65. The van der Waals surface area contributed by atoms with Crippen LogP contribution in [0.1, 0.15) is 12.1 Å². The van der Waals surface area contributed by atoms with E-state index in [-0.39, 0.29) is 5.75 Å². The van der Waals surface area contributed by atoms with E-state index in [0.717, 1.165) is 12.1 Å². The van der Waals surface area contributed by atoms with Crippen LogP contribution in [0.5, 0.6) is 5.75 Å². The molecule has 0 fully saturated rings. The van der Waals surface area contributed by atoms with Gasteiger partial charge in [-0.1, -0.05) is 0 Å². The van der Waals surface area contributed by atoms with Gasteiger partial charge in [-0.2, -0.15) is 4.39 Å². The first kappa shape index (κ1) is 8.83. The number of halogens is 3. The molecule has 0 aliphatic rings. The van der Waals surface area contributed by atoms with Gasteiger partial charge in [0.25, 0.3) is 6.43 Å². The second kappa shape index (κ2) is 3.42. The van der Waals surface area contributed by atoms with E-state index in [1.54, 1.807) is 0 Å². The Bertz CT molecular complexity index is 277. The van der Waals surface area contributed by atoms with E-state index in [2.05, 4.69) is 9.72 Å². The van der Waals surface area contributed by atoms with Crippen molar-refractivity contribution in [1.82, 2.24) is 4.98 Å². The normalized spacial score (nSPS) is 10.4. The zero-order valence-corrected chi connectivity index (χ0v) is 6.22. The van der Waals surface area contributed by atoms with Crippen molar-refractivity contribution in [3.05, 3.63) is 23.8 Å². The van der Waals surface area contributed by atoms with E-state index in [1.165, 1.54) is 7.11 Å². The van der Waals surface area contributed by atoms with Crippen molar-refractivity contribution in [2.24, 2.45) is 0 Å². The molecule has 0 N–H and O–H groups in total. The van der Waals surface area contributed by atoms with Gasteiger partial charge in [-0.25, -0.2) is 13.8 Å². The molecule has 5 heteroatoms. The molecule has 1 heterocycles. The van der Waals surface area contributed by atoms with Crippen molar-refractivity contribution in [2.75, 3.05) is 7.11 Å². The summed E-state index contributed by atoms with van der Waals surface area (Å²) < 4.78 is 41.1. The summed E-state index contributed by atoms with van der Waals surface area (Å²) in [6.07, 6.45) is -2.82. The summed E-state index contributed by atoms with van der Waals surface area (Å²) in [6.45, 7) is 0. The second-order valence-corrected chi connectivity index (χ2v) is 2.02. The van der Waals surface area contributed by atoms with E-state index in [0.29, 0.717) is 0 Å². The van der Waals surface area contributed by atoms with Crippen LogP contribution < -0.4 is 4.74 Å². The summed E-state index contributed by atoms with van der Waals surface area (Å²) in [5.74, 6) is -1.04. The lowest BCUT2D eigenvalue weighted by molar-refractivity contribution is 0.140. The highest BCUT2D eigenvalue weighted by molar-refractivity contribution is 5.27. The van der Waals surface area contributed by atoms with Gasteiger partial charge in [0.2, 0.25) is 5.95 Å². The van der Waals surface area contributed by atoms with Crippen molar-refractivity contribution in [1.29, 1.82) is 0 Å². The molecular formula is C7H6F3NO. The minimum Gasteiger partial charge on any atom is -0.495 e. The SMILES string of the molecule is COc1ccc(F)nc1C(F)F. The summed E-state index contributed by atoms with van der Waals surface area (Å²) in [7, 11) is 1.22. The van der Waals surface area contributed by atoms with E-state index < -0.39 is 18.1 Å². The Labute approximate surface area is 67.0 Å². The lowest BCUT2D eigenvalue weighted by Crippen LogP contribution is -1.97. The number of pyridine rings is 1. The number of hydrogen-bond donors (Lipinski definition) is 0. The summed E-state index contributed by atoms with van der Waals surface area (Å²) in [6, 6.07) is 2.08. The van der Waals surface area contributed by atoms with Crippen molar-refractivity contribution < 1.29 is 17.9 Å². The van der Waals surface area contributed by atoms with Crippen molar-refractivity contribution in [2.45, 2.75) is 6.43 Å². The molecule has 0 aliphatic carbocycles. The fourth-order valence-corrected chi connectivity index (χ4v) is 0.766. The third-order valence-corrected chi connectivity index (χ3v) is 1.28. The van der Waals surface area contributed by atoms with Crippen LogP contribution in [0.2, 0.25) is 0 Å². The Morgan fingerprint density at radius 1 is 1.42 bits per heavy atom. The number of aromatic nitrogens is 1. The van der Waals surface area contributed by atoms with Gasteiger partial charge < -0.3 is 4.74 Å². The van der Waals surface area contributed by atoms with Crippen LogP contribution in [-0.2, 0) is 0 Å². The summed E-state index contributed by atoms with van der Waals surface area (Å²) >= 11 is 0. The molecule has 0 atom stereocenters. The number of ether oxygens (including phenoxy) is 1. The highest BCUT2D eigenvalue weighted by Crippen LogP contribution is 2.26. The van der Waals surface area contributed by atoms with Gasteiger partial charge in [0.05, 0.1) is 7.11 Å². The molecule has 0 amide bonds. The first-order valence-electron chi connectivity index (χ1n) is 3.13. The molecule has 0 spiro atoms. The van der Waals surface area contributed by atoms with E-state index in [1.807, 2.05) is 0 Å². The van der Waals surface area contributed by atoms with Crippen LogP contribution >= 0.6 is 0 Å². The smallest absolute Gasteiger partial charge is 0.284 e. The number of alkyl halides is 2. The molecule has 0 aliphatic heterocycles. The Morgan fingerprint density at radius 2 is 2.08 bits per heavy atom. The monoisotopic (exact) mass is 177 g/mol. The molecule has 1 aromatic heterocycles. The predicted octanol–water partition coefficient (Wildman–Crippen LogP) is 2.17. The molecule has 0 radical (unpaired) electrons. The maximum Gasteiger partial charge on any atom is 0.284 e. The maximum atomic E-state index is 12.3. The molecule has 0 saturated carbocycles. The fourth-order valence-electron chi connectivity index (χ4n) is 0.766. The van der Waals surface area contributed by atoms with Crippen LogP contribution in [0.4, 0.5) is 13.2 Å². The maximum absolute atomic E-state index is 12.3. The standard InChI is InChI=1S/C7H6F3NO/c1-12-4-2-3-5(8)11-6(4)7(9)10/h2-3,7H,1H3. The van der Waals surface area contributed by atoms with E-state index >= 15 is 0 Å². The van der Waals surface area contributed by atoms with Gasteiger partial charge >= 0.3 is 0 Å². The Hall–Kier alpha value is -1.26. The quantitative estimate of drug-likeness (QED) is 0.646. The van der Waals surface area contributed by atoms with Gasteiger partial charge in [0.1, 0.15) is 5.75 Å². The average molecular weight is 177 g/mol. The van der Waals surface area contributed by atoms with Gasteiger partial charge in [-0.3, -0.25) is 0 Å². The van der Waals surface area contributed by atoms with Crippen molar-refractivity contribution in [3.8, 4) is 5.75 Å². The summed E-state index contributed by atoms with van der Waals surface area (Å²) in [5.41, 5.74) is -0.669. The van der Waals surface area contributed by atoms with Crippen molar-refractivity contribution >= 4 is 0 Å². The lowest BCUT2D eigenvalue weighted by Gasteiger charge is -2.05. The zero-order valence-electron chi connectivity index (χ0n) is 6.22. The topological polar surface area (TPSA) is 22.1 Å². The molecule has 1 aromatic rings. The Morgan fingerprint density at radius 3 is 2.58 bits per heavy atom. The van der Waals surface area contributed by atoms with Gasteiger partial charge in [0, 0.05) is 0 Å². The number of rotatable bonds is 2. The molecule has 0 unspecified atom stereocenters. The average Bonchev–Trinajstić information content (AvgIpc) is 2.04. The van der Waals surface area contributed by atoms with Crippen molar-refractivity contribution in [3.63, 3.8) is 0 Å². The summed E-state index contributed by atoms with van der Waals surface area (Å²) in [5, 5.41) is 0. The largest absolute Gasteiger partial charge is 0.495 e. The Kier molecular flexibility index (Phi) is 2.52. The number of nitrogens with zero attached hydrogens (tertiary/aromatic N) is 1. The van der Waals surface area contributed by atoms with E-state index in [9.17, 15) is 13.2 Å². The van der Waals surface area contributed by atoms with Crippen LogP contribution in [0.25, 0.3) is 0 Å². The third-order valence-electron chi connectivity index (χ3n) is 1.28. The highest BCUT2D eigenvalue weighted by Gasteiger charge is 2.16.